The van der Waals surface area contributed by atoms with Crippen molar-refractivity contribution in [2.75, 3.05) is 0 Å². The van der Waals surface area contributed by atoms with Crippen LogP contribution < -0.4 is 11.2 Å². The molecule has 70 valence electrons. The highest BCUT2D eigenvalue weighted by Crippen LogP contribution is 1.99. The molecule has 0 aromatic heterocycles. The van der Waals surface area contributed by atoms with E-state index in [2.05, 4.69) is 10.9 Å². The van der Waals surface area contributed by atoms with Crippen LogP contribution >= 0.6 is 0 Å². The van der Waals surface area contributed by atoms with Gasteiger partial charge in [0, 0.05) is 6.42 Å². The largest absolute Gasteiger partial charge is 0.588 e. The second-order valence-electron chi connectivity index (χ2n) is 2.79. The molecule has 3 N–H and O–H groups in total. The Bertz CT molecular complexity index is 159. The number of amides is 1. The van der Waals surface area contributed by atoms with Crippen LogP contribution in [0.3, 0.4) is 0 Å². The van der Waals surface area contributed by atoms with Gasteiger partial charge in [-0.3, -0.25) is 4.79 Å². The molecule has 1 atom stereocenters. The molecule has 0 aromatic carbocycles. The van der Waals surface area contributed by atoms with Gasteiger partial charge in [-0.05, 0) is 6.04 Å². The highest BCUT2D eigenvalue weighted by Gasteiger charge is 2.00. The smallest absolute Gasteiger partial charge is 0.216 e. The third kappa shape index (κ3) is 5.82. The molecule has 0 saturated heterocycles. The molecule has 0 aliphatic carbocycles. The summed E-state index contributed by atoms with van der Waals surface area (Å²) in [6.07, 6.45) is 0.559. The lowest BCUT2D eigenvalue weighted by Crippen LogP contribution is -2.28. The Kier molecular flexibility index (Phi) is 5.23. The topological polar surface area (TPSA) is 86.3 Å². The maximum Gasteiger partial charge on any atom is 0.216 e. The van der Waals surface area contributed by atoms with Crippen LogP contribution in [0.5, 0.6) is 0 Å². The van der Waals surface area contributed by atoms with Crippen LogP contribution in [0.4, 0.5) is 0 Å². The lowest BCUT2D eigenvalue weighted by Gasteiger charge is -2.29. The summed E-state index contributed by atoms with van der Waals surface area (Å²) >= 11 is 0. The van der Waals surface area contributed by atoms with Crippen LogP contribution in [0.1, 0.15) is 20.3 Å². The van der Waals surface area contributed by atoms with Crippen LogP contribution in [0.25, 0.3) is 5.43 Å². The van der Waals surface area contributed by atoms with Crippen LogP contribution in [0.15, 0.2) is 0 Å². The van der Waals surface area contributed by atoms with Gasteiger partial charge in [0.1, 0.15) is 6.29 Å². The minimum atomic E-state index is -0.662. The molecule has 0 aliphatic rings. The van der Waals surface area contributed by atoms with Gasteiger partial charge in [-0.15, -0.1) is 0 Å². The highest BCUT2D eigenvalue weighted by atomic mass is 16.1. The molecular weight excluding hydrogens is 158 g/mol. The molecule has 12 heavy (non-hydrogen) atoms. The molecule has 5 heteroatoms. The van der Waals surface area contributed by atoms with Gasteiger partial charge < -0.3 is 21.4 Å². The number of carbonyl (C=O) groups is 2. The first kappa shape index (κ1) is 11.1. The molecule has 1 amide bonds. The van der Waals surface area contributed by atoms with E-state index in [9.17, 15) is 9.59 Å². The zero-order valence-corrected chi connectivity index (χ0v) is 7.28. The van der Waals surface area contributed by atoms with Gasteiger partial charge in [-0.1, -0.05) is 19.9 Å². The van der Waals surface area contributed by atoms with Gasteiger partial charge in [-0.2, -0.15) is 0 Å². The van der Waals surface area contributed by atoms with Crippen molar-refractivity contribution in [1.29, 1.82) is 0 Å². The van der Waals surface area contributed by atoms with E-state index in [1.54, 1.807) is 0 Å². The molecule has 0 heterocycles. The van der Waals surface area contributed by atoms with Crippen molar-refractivity contribution in [3.63, 3.8) is 0 Å². The third-order valence-electron chi connectivity index (χ3n) is 1.07. The fourth-order valence-corrected chi connectivity index (χ4v) is 0.575. The third-order valence-corrected chi connectivity index (χ3v) is 1.07. The summed E-state index contributed by atoms with van der Waals surface area (Å²) in [6, 6.07) is -0.509. The highest BCUT2D eigenvalue weighted by molar-refractivity contribution is 5.79. The van der Waals surface area contributed by atoms with E-state index in [0.29, 0.717) is 6.29 Å². The van der Waals surface area contributed by atoms with E-state index >= 15 is 0 Å². The fourth-order valence-electron chi connectivity index (χ4n) is 0.575. The zero-order chi connectivity index (χ0) is 9.56. The van der Waals surface area contributed by atoms with Crippen LogP contribution in [0, 0.1) is 0 Å². The van der Waals surface area contributed by atoms with Gasteiger partial charge >= 0.3 is 0 Å². The number of primary amides is 1. The molecule has 0 unspecified atom stereocenters. The minimum Gasteiger partial charge on any atom is -0.588 e. The van der Waals surface area contributed by atoms with Crippen molar-refractivity contribution < 1.29 is 9.59 Å². The van der Waals surface area contributed by atoms with Gasteiger partial charge in [-0.25, -0.2) is 0 Å². The van der Waals surface area contributed by atoms with Crippen molar-refractivity contribution >= 4 is 12.2 Å². The average molecular weight is 172 g/mol. The molecule has 0 rings (SSSR count). The number of nitrogens with one attached hydrogen (secondary N) is 1. The monoisotopic (exact) mass is 172 g/mol. The Balaban J connectivity index is 3.67. The summed E-state index contributed by atoms with van der Waals surface area (Å²) in [5, 5.41) is 0. The van der Waals surface area contributed by atoms with Crippen molar-refractivity contribution in [1.82, 2.24) is 5.43 Å². The van der Waals surface area contributed by atoms with Gasteiger partial charge in [0.15, 0.2) is 0 Å². The maximum absolute atomic E-state index is 10.4. The van der Waals surface area contributed by atoms with Gasteiger partial charge in [0.25, 0.3) is 0 Å². The van der Waals surface area contributed by atoms with E-state index in [-0.39, 0.29) is 12.5 Å². The Morgan fingerprint density at radius 3 is 2.58 bits per heavy atom. The molecule has 0 aromatic rings. The summed E-state index contributed by atoms with van der Waals surface area (Å²) in [7, 11) is 0. The van der Waals surface area contributed by atoms with E-state index in [4.69, 9.17) is 5.73 Å². The predicted octanol–water partition coefficient (Wildman–Crippen LogP) is -0.284. The number of hydrogen-bond donors (Lipinski definition) is 2. The van der Waals surface area contributed by atoms with E-state index in [1.807, 2.05) is 13.8 Å². The molecule has 0 radical (unpaired) electrons. The Hall–Kier alpha value is -0.940. The number of carbonyl (C=O) groups excluding carboxylic acids is 2. The standard InChI is InChI=1S/C7H14N3O2/c1-5(2)9-10-6(4-11)3-7(8)12/h4-6,9H,3H2,1-2H3,(H2,8,12)/q-1/t6-/m1/s1. The van der Waals surface area contributed by atoms with Crippen molar-refractivity contribution in [3.05, 3.63) is 5.43 Å². The molecule has 5 nitrogen and oxygen atoms in total. The molecule has 0 saturated carbocycles. The number of nitrogens with zero attached hydrogens (tertiary/aromatic N) is 1. The maximum atomic E-state index is 10.4. The first-order chi connectivity index (χ1) is 5.56. The quantitative estimate of drug-likeness (QED) is 0.426. The fraction of sp³-hybridized carbons (Fsp3) is 0.714. The van der Waals surface area contributed by atoms with Crippen molar-refractivity contribution in [2.45, 2.75) is 32.4 Å². The molecule has 0 bridgehead atoms. The summed E-state index contributed by atoms with van der Waals surface area (Å²) < 4.78 is 0. The summed E-state index contributed by atoms with van der Waals surface area (Å²) in [6.45, 7) is 3.77. The SMILES string of the molecule is CC(C)N[N-][C@@H](C=O)CC(N)=O. The van der Waals surface area contributed by atoms with E-state index in [0.717, 1.165) is 0 Å². The van der Waals surface area contributed by atoms with Crippen LogP contribution in [-0.4, -0.2) is 24.3 Å². The number of rotatable bonds is 6. The Morgan fingerprint density at radius 1 is 1.67 bits per heavy atom. The lowest BCUT2D eigenvalue weighted by atomic mass is 10.2. The summed E-state index contributed by atoms with van der Waals surface area (Å²) in [4.78, 5) is 20.7. The van der Waals surface area contributed by atoms with Crippen molar-refractivity contribution in [3.8, 4) is 0 Å². The predicted molar refractivity (Wildman–Crippen MR) is 45.3 cm³/mol. The lowest BCUT2D eigenvalue weighted by molar-refractivity contribution is -0.120. The first-order valence-corrected chi connectivity index (χ1v) is 3.75. The van der Waals surface area contributed by atoms with E-state index in [1.165, 1.54) is 0 Å². The van der Waals surface area contributed by atoms with Crippen LogP contribution in [0.2, 0.25) is 0 Å². The van der Waals surface area contributed by atoms with E-state index < -0.39 is 11.9 Å². The van der Waals surface area contributed by atoms with Gasteiger partial charge in [0.2, 0.25) is 5.91 Å². The van der Waals surface area contributed by atoms with Crippen LogP contribution in [-0.2, 0) is 9.59 Å². The second kappa shape index (κ2) is 5.68. The zero-order valence-electron chi connectivity index (χ0n) is 7.28. The average Bonchev–Trinajstić information content (AvgIpc) is 1.97. The normalized spacial score (nSPS) is 12.9. The Morgan fingerprint density at radius 2 is 2.25 bits per heavy atom. The molecule has 0 fully saturated rings. The minimum absolute atomic E-state index is 0.0385. The molecular formula is C7H14N3O2-. The second-order valence-corrected chi connectivity index (χ2v) is 2.79. The molecule has 0 aliphatic heterocycles. The number of aldehydes is 1. The summed E-state index contributed by atoms with van der Waals surface area (Å²) in [5.74, 6) is -0.526. The number of nitrogens with two attached hydrogens (primary N) is 1. The number of hydrogen-bond acceptors (Lipinski definition) is 3. The van der Waals surface area contributed by atoms with Gasteiger partial charge in [0.05, 0.1) is 0 Å². The first-order valence-electron chi connectivity index (χ1n) is 3.75. The van der Waals surface area contributed by atoms with Crippen molar-refractivity contribution in [2.24, 2.45) is 5.73 Å². The molecule has 0 spiro atoms. The Labute approximate surface area is 71.7 Å². The summed E-state index contributed by atoms with van der Waals surface area (Å²) in [5.41, 5.74) is 11.3.